The Morgan fingerprint density at radius 3 is 1.07 bits per heavy atom. The van der Waals surface area contributed by atoms with Gasteiger partial charge in [0.25, 0.3) is 0 Å². The Morgan fingerprint density at radius 1 is 0.525 bits per heavy atom. The number of ether oxygens (including phenoxy) is 6. The Labute approximate surface area is 241 Å². The second kappa shape index (κ2) is 18.3. The first-order valence-electron chi connectivity index (χ1n) is 16.5. The van der Waals surface area contributed by atoms with E-state index in [9.17, 15) is 9.59 Å². The van der Waals surface area contributed by atoms with E-state index in [-0.39, 0.29) is 24.1 Å². The first-order valence-corrected chi connectivity index (χ1v) is 16.5. The molecule has 0 spiro atoms. The first-order chi connectivity index (χ1) is 19.6. The maximum absolute atomic E-state index is 12.7. The number of rotatable bonds is 19. The van der Waals surface area contributed by atoms with Crippen molar-refractivity contribution in [2.45, 2.75) is 165 Å². The zero-order valence-corrected chi connectivity index (χ0v) is 24.7. The van der Waals surface area contributed by atoms with Gasteiger partial charge in [0.05, 0.1) is 24.4 Å². The van der Waals surface area contributed by atoms with Gasteiger partial charge in [-0.3, -0.25) is 9.59 Å². The molecule has 0 saturated carbocycles. The van der Waals surface area contributed by atoms with Crippen molar-refractivity contribution in [2.24, 2.45) is 0 Å². The largest absolute Gasteiger partial charge is 0.462 e. The van der Waals surface area contributed by atoms with Crippen LogP contribution in [0.3, 0.4) is 0 Å². The monoisotopic (exact) mass is 566 g/mol. The Kier molecular flexibility index (Phi) is 14.5. The lowest BCUT2D eigenvalue weighted by Crippen LogP contribution is -2.23. The van der Waals surface area contributed by atoms with E-state index in [4.69, 9.17) is 28.4 Å². The van der Waals surface area contributed by atoms with E-state index in [1.165, 1.54) is 0 Å². The van der Waals surface area contributed by atoms with Crippen molar-refractivity contribution in [3.05, 3.63) is 0 Å². The van der Waals surface area contributed by atoms with Crippen molar-refractivity contribution < 1.29 is 38.0 Å². The molecule has 0 aliphatic carbocycles. The fourth-order valence-electron chi connectivity index (χ4n) is 6.53. The van der Waals surface area contributed by atoms with Gasteiger partial charge < -0.3 is 28.4 Å². The van der Waals surface area contributed by atoms with Gasteiger partial charge in [-0.15, -0.1) is 0 Å². The summed E-state index contributed by atoms with van der Waals surface area (Å²) in [5.74, 6) is -0.326. The summed E-state index contributed by atoms with van der Waals surface area (Å²) in [7, 11) is 0. The molecule has 4 fully saturated rings. The number of carbonyl (C=O) groups is 2. The van der Waals surface area contributed by atoms with Gasteiger partial charge in [0.2, 0.25) is 0 Å². The van der Waals surface area contributed by atoms with Gasteiger partial charge in [-0.1, -0.05) is 0 Å². The van der Waals surface area contributed by atoms with Gasteiger partial charge in [0.15, 0.2) is 0 Å². The van der Waals surface area contributed by atoms with Crippen LogP contribution in [0.1, 0.15) is 128 Å². The van der Waals surface area contributed by atoms with Crippen molar-refractivity contribution in [3.63, 3.8) is 0 Å². The summed E-state index contributed by atoms with van der Waals surface area (Å²) in [6, 6.07) is 0. The minimum atomic E-state index is -0.163. The number of hydrogen-bond donors (Lipinski definition) is 0. The van der Waals surface area contributed by atoms with Crippen molar-refractivity contribution in [3.8, 4) is 0 Å². The van der Waals surface area contributed by atoms with Gasteiger partial charge in [0.1, 0.15) is 12.2 Å². The molecule has 1 unspecified atom stereocenters. The molecule has 4 heterocycles. The average Bonchev–Trinajstić information content (AvgIpc) is 3.78. The Bertz CT molecular complexity index is 606. The van der Waals surface area contributed by atoms with E-state index >= 15 is 0 Å². The molecule has 4 aliphatic heterocycles. The topological polar surface area (TPSA) is 89.5 Å². The predicted octanol–water partition coefficient (Wildman–Crippen LogP) is 6.21. The number of unbranched alkanes of at least 4 members (excludes halogenated alkanes) is 1. The molecule has 0 aromatic heterocycles. The maximum atomic E-state index is 12.7. The standard InChI is InChI=1S/C32H54O8/c33-31(39-29(17-13-25-7-3-21-35-25)18-14-26-8-4-22-36-26)11-1-2-12-32(34)40-30(19-15-27-9-5-23-37-27)20-16-28-10-6-24-38-28/h25-30H,1-24H2/t25-,26-,27-,28+,30?/m0/s1. The Hall–Kier alpha value is -1.22. The summed E-state index contributed by atoms with van der Waals surface area (Å²) in [5, 5.41) is 0. The first kappa shape index (κ1) is 31.7. The molecule has 8 heteroatoms. The van der Waals surface area contributed by atoms with E-state index < -0.39 is 0 Å². The molecule has 0 amide bonds. The fourth-order valence-corrected chi connectivity index (χ4v) is 6.53. The van der Waals surface area contributed by atoms with Gasteiger partial charge in [-0.05, 0) is 116 Å². The Morgan fingerprint density at radius 2 is 0.825 bits per heavy atom. The van der Waals surface area contributed by atoms with Gasteiger partial charge in [-0.25, -0.2) is 0 Å². The number of carbonyl (C=O) groups excluding carboxylic acids is 2. The van der Waals surface area contributed by atoms with Crippen LogP contribution in [-0.4, -0.2) is 75.0 Å². The van der Waals surface area contributed by atoms with Crippen molar-refractivity contribution >= 4 is 11.9 Å². The van der Waals surface area contributed by atoms with Crippen molar-refractivity contribution in [2.75, 3.05) is 26.4 Å². The van der Waals surface area contributed by atoms with Crippen LogP contribution >= 0.6 is 0 Å². The molecule has 0 bridgehead atoms. The normalized spacial score (nSPS) is 27.4. The van der Waals surface area contributed by atoms with Crippen LogP contribution in [0.15, 0.2) is 0 Å². The molecule has 4 aliphatic rings. The van der Waals surface area contributed by atoms with Crippen LogP contribution in [0.4, 0.5) is 0 Å². The van der Waals surface area contributed by atoms with Gasteiger partial charge in [0, 0.05) is 39.3 Å². The van der Waals surface area contributed by atoms with Crippen LogP contribution < -0.4 is 0 Å². The molecule has 0 radical (unpaired) electrons. The van der Waals surface area contributed by atoms with Gasteiger partial charge >= 0.3 is 11.9 Å². The minimum Gasteiger partial charge on any atom is -0.462 e. The molecule has 0 aromatic rings. The summed E-state index contributed by atoms with van der Waals surface area (Å²) in [4.78, 5) is 25.3. The summed E-state index contributed by atoms with van der Waals surface area (Å²) in [5.41, 5.74) is 0. The van der Waals surface area contributed by atoms with Crippen LogP contribution in [-0.2, 0) is 38.0 Å². The highest BCUT2D eigenvalue weighted by atomic mass is 16.5. The molecular formula is C32H54O8. The van der Waals surface area contributed by atoms with Crippen LogP contribution in [0.25, 0.3) is 0 Å². The minimum absolute atomic E-state index is 0.0840. The number of esters is 2. The maximum Gasteiger partial charge on any atom is 0.306 e. The molecule has 0 aromatic carbocycles. The van der Waals surface area contributed by atoms with Crippen molar-refractivity contribution in [1.29, 1.82) is 0 Å². The molecule has 4 saturated heterocycles. The highest BCUT2D eigenvalue weighted by Crippen LogP contribution is 2.25. The van der Waals surface area contributed by atoms with Crippen molar-refractivity contribution in [1.82, 2.24) is 0 Å². The second-order valence-electron chi connectivity index (χ2n) is 12.3. The Balaban J connectivity index is 1.12. The summed E-state index contributed by atoms with van der Waals surface area (Å²) in [6.07, 6.45) is 19.0. The zero-order chi connectivity index (χ0) is 27.8. The highest BCUT2D eigenvalue weighted by molar-refractivity contribution is 5.70. The quantitative estimate of drug-likeness (QED) is 0.135. The lowest BCUT2D eigenvalue weighted by Gasteiger charge is -2.21. The second-order valence-corrected chi connectivity index (χ2v) is 12.3. The summed E-state index contributed by atoms with van der Waals surface area (Å²) < 4.78 is 34.9. The van der Waals surface area contributed by atoms with E-state index in [1.54, 1.807) is 0 Å². The molecule has 0 N–H and O–H groups in total. The van der Waals surface area contributed by atoms with E-state index in [1.807, 2.05) is 0 Å². The summed E-state index contributed by atoms with van der Waals surface area (Å²) >= 11 is 0. The van der Waals surface area contributed by atoms with E-state index in [0.29, 0.717) is 50.1 Å². The zero-order valence-electron chi connectivity index (χ0n) is 24.7. The van der Waals surface area contributed by atoms with E-state index in [0.717, 1.165) is 129 Å². The smallest absolute Gasteiger partial charge is 0.306 e. The predicted molar refractivity (Wildman–Crippen MR) is 151 cm³/mol. The third kappa shape index (κ3) is 12.3. The summed E-state index contributed by atoms with van der Waals surface area (Å²) in [6.45, 7) is 3.38. The lowest BCUT2D eigenvalue weighted by molar-refractivity contribution is -0.152. The number of hydrogen-bond acceptors (Lipinski definition) is 8. The molecular weight excluding hydrogens is 512 g/mol. The molecule has 5 atom stereocenters. The van der Waals surface area contributed by atoms with Crippen LogP contribution in [0, 0.1) is 0 Å². The molecule has 4 rings (SSSR count). The molecule has 40 heavy (non-hydrogen) atoms. The third-order valence-electron chi connectivity index (χ3n) is 8.95. The van der Waals surface area contributed by atoms with E-state index in [2.05, 4.69) is 0 Å². The average molecular weight is 567 g/mol. The SMILES string of the molecule is O=C(CCCCC(=O)OC(CC[C@@H]1CCCO1)CC[C@@H]1CCCO1)OC(CC[C@H]1CCCO1)CC[C@@H]1CCCO1. The lowest BCUT2D eigenvalue weighted by atomic mass is 10.0. The molecule has 8 nitrogen and oxygen atoms in total. The molecule has 230 valence electrons. The van der Waals surface area contributed by atoms with Gasteiger partial charge in [-0.2, -0.15) is 0 Å². The fraction of sp³-hybridized carbons (Fsp3) is 0.938. The van der Waals surface area contributed by atoms with Crippen LogP contribution in [0.5, 0.6) is 0 Å². The highest BCUT2D eigenvalue weighted by Gasteiger charge is 2.25. The van der Waals surface area contributed by atoms with Crippen LogP contribution in [0.2, 0.25) is 0 Å². The third-order valence-corrected chi connectivity index (χ3v) is 8.95.